The highest BCUT2D eigenvalue weighted by Gasteiger charge is 2.30. The maximum atomic E-state index is 12.5. The second-order valence-electron chi connectivity index (χ2n) is 4.61. The molecule has 0 aliphatic carbocycles. The number of hydrogen-bond acceptors (Lipinski definition) is 1. The van der Waals surface area contributed by atoms with E-state index in [1.807, 2.05) is 6.92 Å². The minimum atomic E-state index is -4.26. The Morgan fingerprint density at radius 2 is 2.00 bits per heavy atom. The summed E-state index contributed by atoms with van der Waals surface area (Å²) in [5.41, 5.74) is 0.155. The number of rotatable bonds is 6. The second-order valence-corrected chi connectivity index (χ2v) is 4.61. The van der Waals surface area contributed by atoms with Crippen LogP contribution in [-0.4, -0.2) is 12.6 Å². The molecule has 102 valence electrons. The number of unbranched alkanes of at least 4 members (excludes halogenated alkanes) is 1. The Hall–Kier alpha value is -1.03. The summed E-state index contributed by atoms with van der Waals surface area (Å²) in [4.78, 5) is 0. The molecular weight excluding hydrogens is 239 g/mol. The van der Waals surface area contributed by atoms with Gasteiger partial charge in [-0.15, -0.1) is 0 Å². The van der Waals surface area contributed by atoms with Gasteiger partial charge in [-0.25, -0.2) is 0 Å². The van der Waals surface area contributed by atoms with Crippen molar-refractivity contribution in [2.24, 2.45) is 0 Å². The Bertz CT molecular complexity index is 360. The summed E-state index contributed by atoms with van der Waals surface area (Å²) in [6, 6.07) is 5.75. The minimum absolute atomic E-state index is 0.194. The Balaban J connectivity index is 2.57. The van der Waals surface area contributed by atoms with Gasteiger partial charge in [-0.3, -0.25) is 0 Å². The zero-order valence-electron chi connectivity index (χ0n) is 10.8. The van der Waals surface area contributed by atoms with Gasteiger partial charge in [0.15, 0.2) is 0 Å². The van der Waals surface area contributed by atoms with Crippen molar-refractivity contribution < 1.29 is 13.2 Å². The smallest absolute Gasteiger partial charge is 0.314 e. The predicted octanol–water partition coefficient (Wildman–Crippen LogP) is 4.03. The van der Waals surface area contributed by atoms with Crippen LogP contribution in [0.4, 0.5) is 13.2 Å². The van der Waals surface area contributed by atoms with E-state index in [1.165, 1.54) is 12.1 Å². The molecule has 0 saturated heterocycles. The van der Waals surface area contributed by atoms with Crippen LogP contribution in [0.1, 0.15) is 37.8 Å². The lowest BCUT2D eigenvalue weighted by Crippen LogP contribution is -2.29. The van der Waals surface area contributed by atoms with Crippen molar-refractivity contribution in [3.8, 4) is 0 Å². The molecule has 0 aromatic heterocycles. The summed E-state index contributed by atoms with van der Waals surface area (Å²) in [5.74, 6) is 0. The molecule has 1 aromatic carbocycles. The highest BCUT2D eigenvalue weighted by molar-refractivity contribution is 5.26. The summed E-state index contributed by atoms with van der Waals surface area (Å²) in [5, 5.41) is 3.31. The summed E-state index contributed by atoms with van der Waals surface area (Å²) in [6.07, 6.45) is -1.43. The molecule has 1 N–H and O–H groups in total. The van der Waals surface area contributed by atoms with Gasteiger partial charge in [0, 0.05) is 6.04 Å². The maximum Gasteiger partial charge on any atom is 0.416 e. The van der Waals surface area contributed by atoms with Crippen molar-refractivity contribution in [2.75, 3.05) is 6.54 Å². The number of benzene rings is 1. The van der Waals surface area contributed by atoms with Crippen molar-refractivity contribution in [3.63, 3.8) is 0 Å². The van der Waals surface area contributed by atoms with Gasteiger partial charge < -0.3 is 5.32 Å². The Kier molecular flexibility index (Phi) is 5.66. The molecule has 1 aromatic rings. The van der Waals surface area contributed by atoms with E-state index in [2.05, 4.69) is 12.2 Å². The zero-order valence-corrected chi connectivity index (χ0v) is 10.8. The molecular formula is C14H20F3N. The van der Waals surface area contributed by atoms with Crippen LogP contribution in [0.2, 0.25) is 0 Å². The van der Waals surface area contributed by atoms with Crippen LogP contribution in [0.5, 0.6) is 0 Å². The fraction of sp³-hybridized carbons (Fsp3) is 0.571. The first-order valence-electron chi connectivity index (χ1n) is 6.33. The van der Waals surface area contributed by atoms with Gasteiger partial charge in [0.1, 0.15) is 0 Å². The molecule has 0 heterocycles. The largest absolute Gasteiger partial charge is 0.416 e. The van der Waals surface area contributed by atoms with Crippen molar-refractivity contribution in [1.29, 1.82) is 0 Å². The van der Waals surface area contributed by atoms with Gasteiger partial charge in [-0.1, -0.05) is 31.5 Å². The van der Waals surface area contributed by atoms with Gasteiger partial charge in [0.05, 0.1) is 5.56 Å². The number of hydrogen-bond donors (Lipinski definition) is 1. The number of alkyl halides is 3. The van der Waals surface area contributed by atoms with Crippen LogP contribution in [-0.2, 0) is 12.6 Å². The monoisotopic (exact) mass is 259 g/mol. The van der Waals surface area contributed by atoms with E-state index in [0.717, 1.165) is 31.0 Å². The Morgan fingerprint density at radius 3 is 2.61 bits per heavy atom. The molecule has 0 aliphatic rings. The fourth-order valence-corrected chi connectivity index (χ4v) is 1.83. The standard InChI is InChI=1S/C14H20F3N/c1-3-4-8-18-11(2)9-12-6-5-7-13(10-12)14(15,16)17/h5-7,10-11,18H,3-4,8-9H2,1-2H3/t11-/m0/s1. The van der Waals surface area contributed by atoms with Crippen molar-refractivity contribution >= 4 is 0 Å². The van der Waals surface area contributed by atoms with Gasteiger partial charge in [-0.2, -0.15) is 13.2 Å². The van der Waals surface area contributed by atoms with E-state index < -0.39 is 11.7 Å². The molecule has 1 nitrogen and oxygen atoms in total. The van der Waals surface area contributed by atoms with E-state index in [9.17, 15) is 13.2 Å². The third-order valence-corrected chi connectivity index (χ3v) is 2.82. The topological polar surface area (TPSA) is 12.0 Å². The third-order valence-electron chi connectivity index (χ3n) is 2.82. The Labute approximate surface area is 106 Å². The fourth-order valence-electron chi connectivity index (χ4n) is 1.83. The van der Waals surface area contributed by atoms with E-state index in [-0.39, 0.29) is 6.04 Å². The predicted molar refractivity (Wildman–Crippen MR) is 67.5 cm³/mol. The first-order valence-corrected chi connectivity index (χ1v) is 6.33. The zero-order chi connectivity index (χ0) is 13.6. The summed E-state index contributed by atoms with van der Waals surface area (Å²) >= 11 is 0. The van der Waals surface area contributed by atoms with E-state index >= 15 is 0 Å². The second kappa shape index (κ2) is 6.78. The van der Waals surface area contributed by atoms with Gasteiger partial charge in [0.2, 0.25) is 0 Å². The number of nitrogens with one attached hydrogen (secondary N) is 1. The van der Waals surface area contributed by atoms with Crippen molar-refractivity contribution in [2.45, 2.75) is 45.3 Å². The summed E-state index contributed by atoms with van der Waals surface area (Å²) < 4.78 is 37.6. The van der Waals surface area contributed by atoms with Crippen molar-refractivity contribution in [1.82, 2.24) is 5.32 Å². The Morgan fingerprint density at radius 1 is 1.28 bits per heavy atom. The molecule has 0 amide bonds. The molecule has 1 rings (SSSR count). The average molecular weight is 259 g/mol. The van der Waals surface area contributed by atoms with E-state index in [4.69, 9.17) is 0 Å². The van der Waals surface area contributed by atoms with Crippen LogP contribution < -0.4 is 5.32 Å². The first-order chi connectivity index (χ1) is 8.43. The molecule has 1 atom stereocenters. The average Bonchev–Trinajstić information content (AvgIpc) is 2.28. The molecule has 0 saturated carbocycles. The van der Waals surface area contributed by atoms with Gasteiger partial charge in [0.25, 0.3) is 0 Å². The summed E-state index contributed by atoms with van der Waals surface area (Å²) in [6.45, 7) is 5.02. The lowest BCUT2D eigenvalue weighted by molar-refractivity contribution is -0.137. The SMILES string of the molecule is CCCCN[C@@H](C)Cc1cccc(C(F)(F)F)c1. The van der Waals surface area contributed by atoms with Crippen LogP contribution in [0.3, 0.4) is 0 Å². The highest BCUT2D eigenvalue weighted by Crippen LogP contribution is 2.29. The first kappa shape index (κ1) is 15.0. The van der Waals surface area contributed by atoms with E-state index in [1.54, 1.807) is 6.07 Å². The molecule has 0 fully saturated rings. The number of halogens is 3. The molecule has 0 radical (unpaired) electrons. The van der Waals surface area contributed by atoms with Crippen LogP contribution in [0.25, 0.3) is 0 Å². The van der Waals surface area contributed by atoms with E-state index in [0.29, 0.717) is 6.42 Å². The molecule has 18 heavy (non-hydrogen) atoms. The molecule has 0 bridgehead atoms. The quantitative estimate of drug-likeness (QED) is 0.761. The summed E-state index contributed by atoms with van der Waals surface area (Å²) in [7, 11) is 0. The molecule has 4 heteroatoms. The molecule has 0 unspecified atom stereocenters. The van der Waals surface area contributed by atoms with Crippen LogP contribution in [0, 0.1) is 0 Å². The van der Waals surface area contributed by atoms with Crippen molar-refractivity contribution in [3.05, 3.63) is 35.4 Å². The highest BCUT2D eigenvalue weighted by atomic mass is 19.4. The normalized spacial score (nSPS) is 13.6. The molecule has 0 spiro atoms. The van der Waals surface area contributed by atoms with Gasteiger partial charge >= 0.3 is 6.18 Å². The lowest BCUT2D eigenvalue weighted by Gasteiger charge is -2.15. The van der Waals surface area contributed by atoms with Crippen LogP contribution in [0.15, 0.2) is 24.3 Å². The minimum Gasteiger partial charge on any atom is -0.314 e. The molecule has 0 aliphatic heterocycles. The lowest BCUT2D eigenvalue weighted by atomic mass is 10.0. The third kappa shape index (κ3) is 5.08. The van der Waals surface area contributed by atoms with Crippen LogP contribution >= 0.6 is 0 Å². The maximum absolute atomic E-state index is 12.5. The van der Waals surface area contributed by atoms with Gasteiger partial charge in [-0.05, 0) is 37.9 Å².